The zero-order chi connectivity index (χ0) is 12.3. The molecule has 0 aromatic carbocycles. The van der Waals surface area contributed by atoms with E-state index in [4.69, 9.17) is 11.0 Å². The van der Waals surface area contributed by atoms with Crippen LogP contribution in [0.25, 0.3) is 0 Å². The summed E-state index contributed by atoms with van der Waals surface area (Å²) >= 11 is 0. The van der Waals surface area contributed by atoms with Crippen molar-refractivity contribution in [1.29, 1.82) is 5.26 Å². The molecule has 7 heteroatoms. The maximum absolute atomic E-state index is 12.1. The van der Waals surface area contributed by atoms with Gasteiger partial charge in [0.1, 0.15) is 6.07 Å². The molecule has 86 valence electrons. The number of nitrogens with zero attached hydrogens (tertiary/aromatic N) is 2. The highest BCUT2D eigenvalue weighted by Gasteiger charge is 2.33. The minimum atomic E-state index is -4.83. The lowest BCUT2D eigenvalue weighted by Gasteiger charge is -2.14. The summed E-state index contributed by atoms with van der Waals surface area (Å²) < 4.78 is 40.1. The summed E-state index contributed by atoms with van der Waals surface area (Å²) in [4.78, 5) is 3.64. The lowest BCUT2D eigenvalue weighted by Crippen LogP contribution is -2.20. The molecule has 1 rings (SSSR count). The number of hydrogen-bond acceptors (Lipinski definition) is 4. The largest absolute Gasteiger partial charge is 0.573 e. The lowest BCUT2D eigenvalue weighted by molar-refractivity contribution is -0.275. The first-order valence-corrected chi connectivity index (χ1v) is 4.23. The molecule has 0 aliphatic heterocycles. The van der Waals surface area contributed by atoms with Crippen molar-refractivity contribution < 1.29 is 17.9 Å². The minimum absolute atomic E-state index is 0.00678. The highest BCUT2D eigenvalue weighted by atomic mass is 19.4. The van der Waals surface area contributed by atoms with Gasteiger partial charge in [0.25, 0.3) is 0 Å². The third kappa shape index (κ3) is 2.61. The molecule has 4 nitrogen and oxygen atoms in total. The topological polar surface area (TPSA) is 71.9 Å². The molecule has 0 saturated carbocycles. The van der Waals surface area contributed by atoms with E-state index in [1.807, 2.05) is 0 Å². The van der Waals surface area contributed by atoms with Gasteiger partial charge in [0, 0.05) is 18.3 Å². The van der Waals surface area contributed by atoms with E-state index in [1.165, 1.54) is 13.1 Å². The van der Waals surface area contributed by atoms with Crippen LogP contribution in [0.4, 0.5) is 13.2 Å². The van der Waals surface area contributed by atoms with Gasteiger partial charge in [-0.05, 0) is 6.92 Å². The van der Waals surface area contributed by atoms with Crippen molar-refractivity contribution in [2.24, 2.45) is 5.73 Å². The first kappa shape index (κ1) is 12.3. The second kappa shape index (κ2) is 4.37. The predicted octanol–water partition coefficient (Wildman–Crippen LogP) is 1.62. The molecule has 1 heterocycles. The van der Waals surface area contributed by atoms with Crippen LogP contribution in [0.3, 0.4) is 0 Å². The maximum Gasteiger partial charge on any atom is 0.573 e. The smallest absolute Gasteiger partial charge is 0.403 e. The number of aromatic nitrogens is 1. The van der Waals surface area contributed by atoms with Crippen LogP contribution >= 0.6 is 0 Å². The highest BCUT2D eigenvalue weighted by molar-refractivity contribution is 5.47. The Morgan fingerprint density at radius 3 is 2.62 bits per heavy atom. The van der Waals surface area contributed by atoms with Crippen LogP contribution in [-0.2, 0) is 6.54 Å². The van der Waals surface area contributed by atoms with Gasteiger partial charge in [0.15, 0.2) is 5.75 Å². The van der Waals surface area contributed by atoms with E-state index in [1.54, 1.807) is 6.07 Å². The first-order valence-electron chi connectivity index (χ1n) is 4.23. The van der Waals surface area contributed by atoms with Gasteiger partial charge >= 0.3 is 6.36 Å². The van der Waals surface area contributed by atoms with E-state index < -0.39 is 12.1 Å². The molecule has 1 aromatic rings. The third-order valence-corrected chi connectivity index (χ3v) is 1.86. The number of ether oxygens (including phenoxy) is 1. The van der Waals surface area contributed by atoms with E-state index in [0.717, 1.165) is 0 Å². The maximum atomic E-state index is 12.1. The Bertz CT molecular complexity index is 437. The summed E-state index contributed by atoms with van der Waals surface area (Å²) in [7, 11) is 0. The molecule has 0 radical (unpaired) electrons. The Morgan fingerprint density at radius 1 is 1.56 bits per heavy atom. The fraction of sp³-hybridized carbons (Fsp3) is 0.333. The van der Waals surface area contributed by atoms with E-state index in [9.17, 15) is 13.2 Å². The Hall–Kier alpha value is -1.81. The molecule has 0 aliphatic rings. The molecule has 2 N–H and O–H groups in total. The van der Waals surface area contributed by atoms with Crippen LogP contribution < -0.4 is 10.5 Å². The molecule has 0 amide bonds. The standard InChI is InChI=1S/C9H8F3N3O/c1-5-8(16-9(10,11)12)7(3-14)6(2-13)4-15-5/h4H,3,14H2,1H3. The highest BCUT2D eigenvalue weighted by Crippen LogP contribution is 2.30. The predicted molar refractivity (Wildman–Crippen MR) is 48.3 cm³/mol. The van der Waals surface area contributed by atoms with Crippen LogP contribution in [0.1, 0.15) is 16.8 Å². The summed E-state index contributed by atoms with van der Waals surface area (Å²) in [5, 5.41) is 8.68. The Kier molecular flexibility index (Phi) is 3.34. The summed E-state index contributed by atoms with van der Waals surface area (Å²) in [6, 6.07) is 1.71. The van der Waals surface area contributed by atoms with Gasteiger partial charge in [-0.25, -0.2) is 0 Å². The van der Waals surface area contributed by atoms with Gasteiger partial charge in [0.05, 0.1) is 11.3 Å². The average Bonchev–Trinajstić information content (AvgIpc) is 2.19. The van der Waals surface area contributed by atoms with Crippen molar-refractivity contribution in [2.45, 2.75) is 19.8 Å². The van der Waals surface area contributed by atoms with Crippen LogP contribution in [0, 0.1) is 18.3 Å². The van der Waals surface area contributed by atoms with Gasteiger partial charge in [0.2, 0.25) is 0 Å². The molecule has 0 fully saturated rings. The Balaban J connectivity index is 3.30. The molecule has 1 aromatic heterocycles. The molecule has 16 heavy (non-hydrogen) atoms. The number of rotatable bonds is 2. The molecule has 0 spiro atoms. The van der Waals surface area contributed by atoms with E-state index in [2.05, 4.69) is 9.72 Å². The van der Waals surface area contributed by atoms with Gasteiger partial charge in [-0.1, -0.05) is 0 Å². The monoisotopic (exact) mass is 231 g/mol. The number of aryl methyl sites for hydroxylation is 1. The molecule has 0 unspecified atom stereocenters. The molecule has 0 bridgehead atoms. The Labute approximate surface area is 89.5 Å². The van der Waals surface area contributed by atoms with E-state index in [0.29, 0.717) is 0 Å². The summed E-state index contributed by atoms with van der Waals surface area (Å²) in [6.45, 7) is 1.12. The fourth-order valence-electron chi connectivity index (χ4n) is 1.19. The average molecular weight is 231 g/mol. The summed E-state index contributed by atoms with van der Waals surface area (Å²) in [5.41, 5.74) is 5.31. The number of pyridine rings is 1. The molecular formula is C9H8F3N3O. The number of alkyl halides is 3. The summed E-state index contributed by atoms with van der Waals surface area (Å²) in [6.07, 6.45) is -3.66. The van der Waals surface area contributed by atoms with Crippen molar-refractivity contribution in [3.63, 3.8) is 0 Å². The fourth-order valence-corrected chi connectivity index (χ4v) is 1.19. The van der Waals surface area contributed by atoms with E-state index >= 15 is 0 Å². The van der Waals surface area contributed by atoms with Gasteiger partial charge in [-0.3, -0.25) is 4.98 Å². The number of nitrogens with two attached hydrogens (primary N) is 1. The van der Waals surface area contributed by atoms with Gasteiger partial charge in [-0.2, -0.15) is 5.26 Å². The molecular weight excluding hydrogens is 223 g/mol. The molecule has 0 saturated heterocycles. The zero-order valence-corrected chi connectivity index (χ0v) is 8.30. The Morgan fingerprint density at radius 2 is 2.19 bits per heavy atom. The van der Waals surface area contributed by atoms with Crippen molar-refractivity contribution in [2.75, 3.05) is 0 Å². The van der Waals surface area contributed by atoms with Crippen molar-refractivity contribution >= 4 is 0 Å². The van der Waals surface area contributed by atoms with Crippen molar-refractivity contribution in [1.82, 2.24) is 4.98 Å². The van der Waals surface area contributed by atoms with Crippen LogP contribution in [0.2, 0.25) is 0 Å². The van der Waals surface area contributed by atoms with Gasteiger partial charge < -0.3 is 10.5 Å². The van der Waals surface area contributed by atoms with E-state index in [-0.39, 0.29) is 23.4 Å². The number of nitriles is 1. The normalized spacial score (nSPS) is 11.0. The minimum Gasteiger partial charge on any atom is -0.403 e. The van der Waals surface area contributed by atoms with Crippen LogP contribution in [0.5, 0.6) is 5.75 Å². The second-order valence-corrected chi connectivity index (χ2v) is 2.93. The van der Waals surface area contributed by atoms with Crippen molar-refractivity contribution in [3.05, 3.63) is 23.0 Å². The van der Waals surface area contributed by atoms with Gasteiger partial charge in [-0.15, -0.1) is 13.2 Å². The second-order valence-electron chi connectivity index (χ2n) is 2.93. The van der Waals surface area contributed by atoms with Crippen molar-refractivity contribution in [3.8, 4) is 11.8 Å². The molecule has 0 aliphatic carbocycles. The number of halogens is 3. The quantitative estimate of drug-likeness (QED) is 0.839. The molecule has 0 atom stereocenters. The van der Waals surface area contributed by atoms with Crippen LogP contribution in [-0.4, -0.2) is 11.3 Å². The SMILES string of the molecule is Cc1ncc(C#N)c(CN)c1OC(F)(F)F. The summed E-state index contributed by atoms with van der Waals surface area (Å²) in [5.74, 6) is -0.492. The lowest BCUT2D eigenvalue weighted by atomic mass is 10.1. The van der Waals surface area contributed by atoms with Crippen LogP contribution in [0.15, 0.2) is 6.20 Å². The zero-order valence-electron chi connectivity index (χ0n) is 8.30. The first-order chi connectivity index (χ1) is 7.39. The third-order valence-electron chi connectivity index (χ3n) is 1.86. The number of hydrogen-bond donors (Lipinski definition) is 1.